The summed E-state index contributed by atoms with van der Waals surface area (Å²) >= 11 is 1.08. The van der Waals surface area contributed by atoms with Crippen LogP contribution in [-0.2, 0) is 0 Å². The Morgan fingerprint density at radius 3 is 2.65 bits per heavy atom. The van der Waals surface area contributed by atoms with E-state index in [1.54, 1.807) is 0 Å². The first-order valence-corrected chi connectivity index (χ1v) is 10.0. The minimum absolute atomic E-state index is 0.0282. The molecule has 31 heavy (non-hydrogen) atoms. The van der Waals surface area contributed by atoms with E-state index in [0.717, 1.165) is 22.3 Å². The third kappa shape index (κ3) is 4.43. The first kappa shape index (κ1) is 22.0. The average Bonchev–Trinajstić information content (AvgIpc) is 3.14. The Morgan fingerprint density at radius 1 is 1.23 bits per heavy atom. The van der Waals surface area contributed by atoms with E-state index in [4.69, 9.17) is 4.74 Å². The van der Waals surface area contributed by atoms with Crippen molar-refractivity contribution in [2.75, 3.05) is 17.2 Å². The van der Waals surface area contributed by atoms with Gasteiger partial charge in [-0.15, -0.1) is 4.68 Å². The number of carbonyl (C=O) groups excluding carboxylic acids is 1. The molecule has 0 aliphatic carbocycles. The minimum atomic E-state index is -1.16. The number of carbonyl (C=O) groups is 2. The second-order valence-electron chi connectivity index (χ2n) is 6.14. The maximum absolute atomic E-state index is 14.4. The number of hydrogen-bond acceptors (Lipinski definition) is 7. The number of methoxy groups -OCH3 is 1. The summed E-state index contributed by atoms with van der Waals surface area (Å²) in [6, 6.07) is 8.77. The Labute approximate surface area is 180 Å². The standard InChI is InChI=1S/C19H18FN5O5S/c1-3-10-31-25(13-7-4-6-12(11-13)17(26)27)19(29)24-18(28)23(21-22-24)16-14(20)8-5-9-15(16)30-2/h4-9,11H,3,10H2,1-2H3,(H,26,27). The summed E-state index contributed by atoms with van der Waals surface area (Å²) in [5.74, 6) is -1.41. The molecule has 1 aromatic heterocycles. The van der Waals surface area contributed by atoms with Gasteiger partial charge in [0.1, 0.15) is 11.4 Å². The smallest absolute Gasteiger partial charge is 0.377 e. The van der Waals surface area contributed by atoms with Crippen LogP contribution < -0.4 is 14.7 Å². The van der Waals surface area contributed by atoms with Gasteiger partial charge in [0, 0.05) is 5.75 Å². The van der Waals surface area contributed by atoms with Crippen molar-refractivity contribution in [2.24, 2.45) is 0 Å². The van der Waals surface area contributed by atoms with Crippen molar-refractivity contribution >= 4 is 29.6 Å². The average molecular weight is 447 g/mol. The number of tetrazole rings is 1. The van der Waals surface area contributed by atoms with Crippen molar-refractivity contribution in [3.63, 3.8) is 0 Å². The molecule has 1 N–H and O–H groups in total. The molecule has 0 saturated heterocycles. The Kier molecular flexibility index (Phi) is 6.70. The molecule has 0 atom stereocenters. The number of carboxylic acid groups (broad SMARTS) is 1. The Hall–Kier alpha value is -3.67. The number of para-hydroxylation sites is 1. The van der Waals surface area contributed by atoms with Gasteiger partial charge < -0.3 is 9.84 Å². The molecule has 0 radical (unpaired) electrons. The second kappa shape index (κ2) is 9.43. The van der Waals surface area contributed by atoms with Crippen molar-refractivity contribution in [2.45, 2.75) is 13.3 Å². The second-order valence-corrected chi connectivity index (χ2v) is 7.17. The van der Waals surface area contributed by atoms with Crippen molar-refractivity contribution in [3.8, 4) is 11.4 Å². The van der Waals surface area contributed by atoms with Gasteiger partial charge in [-0.05, 0) is 59.1 Å². The highest BCUT2D eigenvalue weighted by Crippen LogP contribution is 2.26. The summed E-state index contributed by atoms with van der Waals surface area (Å²) in [4.78, 5) is 37.3. The molecule has 1 amide bonds. The summed E-state index contributed by atoms with van der Waals surface area (Å²) in [6.07, 6.45) is 0.709. The highest BCUT2D eigenvalue weighted by molar-refractivity contribution is 8.01. The van der Waals surface area contributed by atoms with Crippen molar-refractivity contribution in [1.29, 1.82) is 0 Å². The predicted octanol–water partition coefficient (Wildman–Crippen LogP) is 2.81. The molecular formula is C19H18FN5O5S. The zero-order valence-corrected chi connectivity index (χ0v) is 17.4. The van der Waals surface area contributed by atoms with Gasteiger partial charge in [-0.3, -0.25) is 0 Å². The topological polar surface area (TPSA) is 120 Å². The molecule has 0 unspecified atom stereocenters. The predicted molar refractivity (Wildman–Crippen MR) is 112 cm³/mol. The molecule has 0 spiro atoms. The van der Waals surface area contributed by atoms with Crippen LogP contribution in [0.15, 0.2) is 47.3 Å². The fourth-order valence-electron chi connectivity index (χ4n) is 2.65. The van der Waals surface area contributed by atoms with Gasteiger partial charge in [0.05, 0.1) is 18.4 Å². The molecule has 1 heterocycles. The van der Waals surface area contributed by atoms with E-state index in [0.29, 0.717) is 21.5 Å². The monoisotopic (exact) mass is 447 g/mol. The largest absolute Gasteiger partial charge is 0.494 e. The fraction of sp³-hybridized carbons (Fsp3) is 0.211. The Morgan fingerprint density at radius 2 is 1.97 bits per heavy atom. The highest BCUT2D eigenvalue weighted by Gasteiger charge is 2.26. The lowest BCUT2D eigenvalue weighted by Gasteiger charge is -2.20. The molecule has 0 bridgehead atoms. The lowest BCUT2D eigenvalue weighted by Crippen LogP contribution is -2.38. The van der Waals surface area contributed by atoms with E-state index >= 15 is 0 Å². The number of benzene rings is 2. The van der Waals surface area contributed by atoms with Gasteiger partial charge in [0.2, 0.25) is 0 Å². The SMILES string of the molecule is CCCSN(C(=O)n1nnn(-c2c(F)cccc2OC)c1=O)c1cccc(C(=O)O)c1. The number of amides is 1. The number of halogens is 1. The first-order valence-electron chi connectivity index (χ1n) is 9.07. The molecule has 3 rings (SSSR count). The van der Waals surface area contributed by atoms with Crippen LogP contribution >= 0.6 is 11.9 Å². The van der Waals surface area contributed by atoms with Crippen LogP contribution in [0.25, 0.3) is 5.69 Å². The summed E-state index contributed by atoms with van der Waals surface area (Å²) in [7, 11) is 1.30. The van der Waals surface area contributed by atoms with Crippen molar-refractivity contribution < 1.29 is 23.8 Å². The van der Waals surface area contributed by atoms with E-state index in [-0.39, 0.29) is 22.7 Å². The van der Waals surface area contributed by atoms with Gasteiger partial charge >= 0.3 is 17.7 Å². The zero-order valence-electron chi connectivity index (χ0n) is 16.6. The van der Waals surface area contributed by atoms with E-state index in [9.17, 15) is 23.9 Å². The van der Waals surface area contributed by atoms with E-state index in [1.807, 2.05) is 6.92 Å². The minimum Gasteiger partial charge on any atom is -0.494 e. The summed E-state index contributed by atoms with van der Waals surface area (Å²) in [5.41, 5.74) is -1.08. The molecule has 162 valence electrons. The Balaban J connectivity index is 2.05. The number of anilines is 1. The fourth-order valence-corrected chi connectivity index (χ4v) is 3.46. The number of hydrogen-bond donors (Lipinski definition) is 1. The van der Waals surface area contributed by atoms with Crippen molar-refractivity contribution in [1.82, 2.24) is 19.8 Å². The molecular weight excluding hydrogens is 429 g/mol. The first-order chi connectivity index (χ1) is 14.9. The molecule has 2 aromatic carbocycles. The van der Waals surface area contributed by atoms with Crippen LogP contribution in [0.4, 0.5) is 14.9 Å². The molecule has 3 aromatic rings. The molecule has 0 fully saturated rings. The third-order valence-electron chi connectivity index (χ3n) is 4.07. The molecule has 10 nitrogen and oxygen atoms in total. The molecule has 0 aliphatic rings. The zero-order chi connectivity index (χ0) is 22.5. The van der Waals surface area contributed by atoms with Crippen LogP contribution in [0.5, 0.6) is 5.75 Å². The number of rotatable bonds is 7. The van der Waals surface area contributed by atoms with Crippen LogP contribution in [0.3, 0.4) is 0 Å². The maximum Gasteiger partial charge on any atom is 0.377 e. The number of aromatic nitrogens is 4. The molecule has 0 saturated carbocycles. The highest BCUT2D eigenvalue weighted by atomic mass is 32.2. The van der Waals surface area contributed by atoms with Crippen LogP contribution in [0.2, 0.25) is 0 Å². The van der Waals surface area contributed by atoms with Crippen LogP contribution in [-0.4, -0.2) is 49.8 Å². The number of carboxylic acids is 1. The van der Waals surface area contributed by atoms with Crippen LogP contribution in [0.1, 0.15) is 23.7 Å². The molecule has 0 aliphatic heterocycles. The lowest BCUT2D eigenvalue weighted by molar-refractivity contribution is 0.0697. The normalized spacial score (nSPS) is 10.7. The lowest BCUT2D eigenvalue weighted by atomic mass is 10.2. The summed E-state index contributed by atoms with van der Waals surface area (Å²) in [5, 5.41) is 16.5. The van der Waals surface area contributed by atoms with Gasteiger partial charge in [-0.1, -0.05) is 19.1 Å². The number of aromatic carboxylic acids is 1. The van der Waals surface area contributed by atoms with Crippen molar-refractivity contribution in [3.05, 3.63) is 64.3 Å². The number of ether oxygens (including phenoxy) is 1. The van der Waals surface area contributed by atoms with Crippen LogP contribution in [0, 0.1) is 5.82 Å². The van der Waals surface area contributed by atoms with Gasteiger partial charge in [0.25, 0.3) is 0 Å². The summed E-state index contributed by atoms with van der Waals surface area (Å²) in [6.45, 7) is 1.90. The van der Waals surface area contributed by atoms with E-state index < -0.39 is 23.5 Å². The van der Waals surface area contributed by atoms with E-state index in [2.05, 4.69) is 10.4 Å². The van der Waals surface area contributed by atoms with Gasteiger partial charge in [0.15, 0.2) is 5.82 Å². The maximum atomic E-state index is 14.4. The van der Waals surface area contributed by atoms with E-state index in [1.165, 1.54) is 43.5 Å². The third-order valence-corrected chi connectivity index (χ3v) is 5.29. The number of nitrogens with zero attached hydrogens (tertiary/aromatic N) is 5. The van der Waals surface area contributed by atoms with Gasteiger partial charge in [-0.25, -0.2) is 23.1 Å². The quantitative estimate of drug-likeness (QED) is 0.434. The van der Waals surface area contributed by atoms with Gasteiger partial charge in [-0.2, -0.15) is 4.68 Å². The summed E-state index contributed by atoms with van der Waals surface area (Å²) < 4.78 is 21.7. The Bertz CT molecular complexity index is 1180. The molecule has 12 heteroatoms.